The molecule has 1 aliphatic rings. The predicted molar refractivity (Wildman–Crippen MR) is 78.3 cm³/mol. The van der Waals surface area contributed by atoms with Crippen LogP contribution in [0.3, 0.4) is 0 Å². The summed E-state index contributed by atoms with van der Waals surface area (Å²) in [5.74, 6) is -0.252. The number of benzene rings is 1. The Morgan fingerprint density at radius 3 is 2.60 bits per heavy atom. The van der Waals surface area contributed by atoms with Crippen LogP contribution in [0.4, 0.5) is 0 Å². The Labute approximate surface area is 124 Å². The molecular formula is C15H20ClNO3. The highest BCUT2D eigenvalue weighted by Crippen LogP contribution is 2.22. The third-order valence-corrected chi connectivity index (χ3v) is 4.14. The van der Waals surface area contributed by atoms with Gasteiger partial charge in [0.25, 0.3) is 5.91 Å². The van der Waals surface area contributed by atoms with Crippen LogP contribution in [0.15, 0.2) is 12.1 Å². The van der Waals surface area contributed by atoms with Crippen LogP contribution in [0.1, 0.15) is 34.3 Å². The summed E-state index contributed by atoms with van der Waals surface area (Å²) >= 11 is 6.11. The molecule has 1 heterocycles. The van der Waals surface area contributed by atoms with Crippen molar-refractivity contribution in [2.24, 2.45) is 0 Å². The van der Waals surface area contributed by atoms with Gasteiger partial charge in [0, 0.05) is 32.6 Å². The van der Waals surface area contributed by atoms with Crippen LogP contribution in [0.5, 0.6) is 0 Å². The summed E-state index contributed by atoms with van der Waals surface area (Å²) in [7, 11) is 0. The molecule has 0 aliphatic carbocycles. The average molecular weight is 298 g/mol. The Kier molecular flexibility index (Phi) is 4.68. The van der Waals surface area contributed by atoms with Gasteiger partial charge in [0.15, 0.2) is 0 Å². The smallest absolute Gasteiger partial charge is 0.252 e. The van der Waals surface area contributed by atoms with Gasteiger partial charge in [0.1, 0.15) is 0 Å². The van der Waals surface area contributed by atoms with Crippen LogP contribution >= 0.6 is 11.6 Å². The number of nitrogens with one attached hydrogen (secondary N) is 1. The van der Waals surface area contributed by atoms with Crippen LogP contribution in [-0.2, 0) is 4.74 Å². The number of hydrogen-bond acceptors (Lipinski definition) is 3. The van der Waals surface area contributed by atoms with Crippen LogP contribution < -0.4 is 5.32 Å². The zero-order valence-electron chi connectivity index (χ0n) is 11.8. The van der Waals surface area contributed by atoms with Gasteiger partial charge in [0.2, 0.25) is 0 Å². The van der Waals surface area contributed by atoms with E-state index in [1.165, 1.54) is 0 Å². The Morgan fingerprint density at radius 1 is 1.35 bits per heavy atom. The van der Waals surface area contributed by atoms with Crippen molar-refractivity contribution < 1.29 is 14.6 Å². The molecule has 0 aromatic heterocycles. The molecule has 0 atom stereocenters. The van der Waals surface area contributed by atoms with E-state index in [1.54, 1.807) is 12.1 Å². The van der Waals surface area contributed by atoms with Crippen molar-refractivity contribution in [3.63, 3.8) is 0 Å². The lowest BCUT2D eigenvalue weighted by molar-refractivity contribution is -0.0605. The van der Waals surface area contributed by atoms with E-state index >= 15 is 0 Å². The first-order chi connectivity index (χ1) is 9.41. The van der Waals surface area contributed by atoms with Gasteiger partial charge in [-0.25, -0.2) is 0 Å². The quantitative estimate of drug-likeness (QED) is 0.899. The number of carbonyl (C=O) groups excluding carboxylic acids is 1. The first-order valence-electron chi connectivity index (χ1n) is 6.76. The lowest BCUT2D eigenvalue weighted by Crippen LogP contribution is -2.46. The summed E-state index contributed by atoms with van der Waals surface area (Å²) in [6.45, 7) is 5.16. The standard InChI is InChI=1S/C15H20ClNO3/c1-10-7-12(13(16)8-11(10)2)14(18)17-9-15(19)3-5-20-6-4-15/h7-8,19H,3-6,9H2,1-2H3,(H,17,18). The fourth-order valence-electron chi connectivity index (χ4n) is 2.22. The third kappa shape index (κ3) is 3.51. The highest BCUT2D eigenvalue weighted by Gasteiger charge is 2.30. The number of amides is 1. The van der Waals surface area contributed by atoms with Gasteiger partial charge >= 0.3 is 0 Å². The largest absolute Gasteiger partial charge is 0.388 e. The first-order valence-corrected chi connectivity index (χ1v) is 7.14. The number of aryl methyl sites for hydroxylation is 2. The number of aliphatic hydroxyl groups is 1. The highest BCUT2D eigenvalue weighted by atomic mass is 35.5. The second kappa shape index (κ2) is 6.12. The fourth-order valence-corrected chi connectivity index (χ4v) is 2.53. The molecule has 1 aromatic rings. The molecule has 0 radical (unpaired) electrons. The SMILES string of the molecule is Cc1cc(Cl)c(C(=O)NCC2(O)CCOCC2)cc1C. The molecule has 0 saturated carbocycles. The van der Waals surface area contributed by atoms with E-state index in [4.69, 9.17) is 16.3 Å². The van der Waals surface area contributed by atoms with E-state index < -0.39 is 5.60 Å². The Hall–Kier alpha value is -1.10. The maximum absolute atomic E-state index is 12.2. The lowest BCUT2D eigenvalue weighted by atomic mass is 9.94. The van der Waals surface area contributed by atoms with E-state index in [9.17, 15) is 9.90 Å². The van der Waals surface area contributed by atoms with Crippen LogP contribution in [0, 0.1) is 13.8 Å². The molecule has 0 bridgehead atoms. The molecule has 4 nitrogen and oxygen atoms in total. The zero-order chi connectivity index (χ0) is 14.8. The highest BCUT2D eigenvalue weighted by molar-refractivity contribution is 6.34. The van der Waals surface area contributed by atoms with Crippen molar-refractivity contribution in [2.45, 2.75) is 32.3 Å². The summed E-state index contributed by atoms with van der Waals surface area (Å²) in [6.07, 6.45) is 1.07. The van der Waals surface area contributed by atoms with Crippen molar-refractivity contribution in [3.8, 4) is 0 Å². The fraction of sp³-hybridized carbons (Fsp3) is 0.533. The maximum atomic E-state index is 12.2. The molecule has 5 heteroatoms. The summed E-state index contributed by atoms with van der Waals surface area (Å²) in [6, 6.07) is 3.57. The Morgan fingerprint density at radius 2 is 1.95 bits per heavy atom. The van der Waals surface area contributed by atoms with Crippen molar-refractivity contribution in [2.75, 3.05) is 19.8 Å². The van der Waals surface area contributed by atoms with Crippen molar-refractivity contribution in [1.82, 2.24) is 5.32 Å². The van der Waals surface area contributed by atoms with E-state index in [0.717, 1.165) is 11.1 Å². The first kappa shape index (κ1) is 15.3. The Balaban J connectivity index is 2.03. The third-order valence-electron chi connectivity index (χ3n) is 3.83. The summed E-state index contributed by atoms with van der Waals surface area (Å²) in [5, 5.41) is 13.5. The van der Waals surface area contributed by atoms with Crippen molar-refractivity contribution in [1.29, 1.82) is 0 Å². The molecule has 2 N–H and O–H groups in total. The van der Waals surface area contributed by atoms with Crippen LogP contribution in [0.2, 0.25) is 5.02 Å². The monoisotopic (exact) mass is 297 g/mol. The van der Waals surface area contributed by atoms with E-state index in [-0.39, 0.29) is 12.5 Å². The normalized spacial score (nSPS) is 17.8. The summed E-state index contributed by atoms with van der Waals surface area (Å²) < 4.78 is 5.21. The summed E-state index contributed by atoms with van der Waals surface area (Å²) in [5.41, 5.74) is 1.64. The number of ether oxygens (including phenoxy) is 1. The van der Waals surface area contributed by atoms with Gasteiger partial charge in [0.05, 0.1) is 16.2 Å². The van der Waals surface area contributed by atoms with Crippen LogP contribution in [-0.4, -0.2) is 36.4 Å². The average Bonchev–Trinajstić information content (AvgIpc) is 2.41. The van der Waals surface area contributed by atoms with E-state index in [1.807, 2.05) is 13.8 Å². The maximum Gasteiger partial charge on any atom is 0.252 e. The molecule has 1 aliphatic heterocycles. The second-order valence-electron chi connectivity index (χ2n) is 5.44. The number of halogens is 1. The molecule has 20 heavy (non-hydrogen) atoms. The molecular weight excluding hydrogens is 278 g/mol. The minimum atomic E-state index is -0.875. The molecule has 1 saturated heterocycles. The molecule has 1 aromatic carbocycles. The van der Waals surface area contributed by atoms with Gasteiger partial charge < -0.3 is 15.2 Å². The topological polar surface area (TPSA) is 58.6 Å². The van der Waals surface area contributed by atoms with E-state index in [2.05, 4.69) is 5.32 Å². The van der Waals surface area contributed by atoms with Gasteiger partial charge in [-0.05, 0) is 37.1 Å². The Bertz CT molecular complexity index is 510. The number of rotatable bonds is 3. The van der Waals surface area contributed by atoms with Gasteiger partial charge in [-0.3, -0.25) is 4.79 Å². The molecule has 1 fully saturated rings. The summed E-state index contributed by atoms with van der Waals surface area (Å²) in [4.78, 5) is 12.2. The molecule has 110 valence electrons. The predicted octanol–water partition coefficient (Wildman–Crippen LogP) is 2.23. The van der Waals surface area contributed by atoms with Gasteiger partial charge in [-0.2, -0.15) is 0 Å². The van der Waals surface area contributed by atoms with Crippen molar-refractivity contribution in [3.05, 3.63) is 33.8 Å². The molecule has 2 rings (SSSR count). The van der Waals surface area contributed by atoms with Crippen LogP contribution in [0.25, 0.3) is 0 Å². The lowest BCUT2D eigenvalue weighted by Gasteiger charge is -2.32. The van der Waals surface area contributed by atoms with Gasteiger partial charge in [-0.15, -0.1) is 0 Å². The zero-order valence-corrected chi connectivity index (χ0v) is 12.6. The molecule has 0 spiro atoms. The van der Waals surface area contributed by atoms with Gasteiger partial charge in [-0.1, -0.05) is 11.6 Å². The second-order valence-corrected chi connectivity index (χ2v) is 5.84. The van der Waals surface area contributed by atoms with E-state index in [0.29, 0.717) is 36.6 Å². The molecule has 0 unspecified atom stereocenters. The minimum absolute atomic E-state index is 0.221. The number of carbonyl (C=O) groups is 1. The van der Waals surface area contributed by atoms with Crippen molar-refractivity contribution >= 4 is 17.5 Å². The molecule has 1 amide bonds. The number of hydrogen-bond donors (Lipinski definition) is 2. The minimum Gasteiger partial charge on any atom is -0.388 e.